The second kappa shape index (κ2) is 7.50. The van der Waals surface area contributed by atoms with Gasteiger partial charge in [0.2, 0.25) is 6.79 Å². The van der Waals surface area contributed by atoms with Gasteiger partial charge in [-0.05, 0) is 25.1 Å². The number of benzene rings is 2. The summed E-state index contributed by atoms with van der Waals surface area (Å²) in [5.74, 6) is -0.376. The molecule has 27 heavy (non-hydrogen) atoms. The van der Waals surface area contributed by atoms with Crippen molar-refractivity contribution in [2.24, 2.45) is 0 Å². The van der Waals surface area contributed by atoms with Gasteiger partial charge in [-0.25, -0.2) is 4.79 Å². The highest BCUT2D eigenvalue weighted by Crippen LogP contribution is 2.34. The molecule has 1 aliphatic heterocycles. The Morgan fingerprint density at radius 2 is 1.96 bits per heavy atom. The van der Waals surface area contributed by atoms with E-state index in [9.17, 15) is 19.7 Å². The van der Waals surface area contributed by atoms with Crippen molar-refractivity contribution < 1.29 is 28.7 Å². The van der Waals surface area contributed by atoms with Crippen LogP contribution in [0.25, 0.3) is 0 Å². The molecule has 3 rings (SSSR count). The average Bonchev–Trinajstić information content (AvgIpc) is 3.09. The van der Waals surface area contributed by atoms with Gasteiger partial charge in [-0.15, -0.1) is 0 Å². The van der Waals surface area contributed by atoms with E-state index < -0.39 is 22.9 Å². The fourth-order valence-corrected chi connectivity index (χ4v) is 2.53. The third-order valence-electron chi connectivity index (χ3n) is 3.68. The lowest BCUT2D eigenvalue weighted by atomic mass is 10.2. The second-order valence-electron chi connectivity index (χ2n) is 5.53. The smallest absolute Gasteiger partial charge is 0.340 e. The van der Waals surface area contributed by atoms with Gasteiger partial charge in [-0.3, -0.25) is 14.9 Å². The SMILES string of the molecule is C[C@@H](OC(=O)c1ccc([N+](=O)[O-])cc1Cl)C(=O)Nc1ccc2c(c1)OCO2. The van der Waals surface area contributed by atoms with Crippen LogP contribution in [0, 0.1) is 10.1 Å². The van der Waals surface area contributed by atoms with Crippen LogP contribution in [-0.2, 0) is 9.53 Å². The van der Waals surface area contributed by atoms with Crippen molar-refractivity contribution in [3.8, 4) is 11.5 Å². The van der Waals surface area contributed by atoms with Gasteiger partial charge in [0.05, 0.1) is 15.5 Å². The van der Waals surface area contributed by atoms with Gasteiger partial charge in [0, 0.05) is 23.9 Å². The van der Waals surface area contributed by atoms with Crippen LogP contribution in [0.3, 0.4) is 0 Å². The van der Waals surface area contributed by atoms with E-state index in [0.717, 1.165) is 12.1 Å². The molecule has 0 aliphatic carbocycles. The number of nitrogens with zero attached hydrogens (tertiary/aromatic N) is 1. The summed E-state index contributed by atoms with van der Waals surface area (Å²) in [4.78, 5) is 34.5. The first kappa shape index (κ1) is 18.5. The Balaban J connectivity index is 1.64. The maximum atomic E-state index is 12.2. The molecule has 0 spiro atoms. The number of ether oxygens (including phenoxy) is 3. The molecule has 140 valence electrons. The van der Waals surface area contributed by atoms with Gasteiger partial charge in [0.1, 0.15) is 0 Å². The molecule has 2 aromatic carbocycles. The van der Waals surface area contributed by atoms with Crippen LogP contribution in [0.4, 0.5) is 11.4 Å². The van der Waals surface area contributed by atoms with E-state index in [1.165, 1.54) is 13.0 Å². The molecule has 1 heterocycles. The fraction of sp³-hybridized carbons (Fsp3) is 0.176. The minimum absolute atomic E-state index is 0.0787. The predicted molar refractivity (Wildman–Crippen MR) is 94.2 cm³/mol. The van der Waals surface area contributed by atoms with Crippen molar-refractivity contribution in [3.63, 3.8) is 0 Å². The van der Waals surface area contributed by atoms with Crippen LogP contribution in [0.15, 0.2) is 36.4 Å². The number of carbonyl (C=O) groups excluding carboxylic acids is 2. The third kappa shape index (κ3) is 4.09. The van der Waals surface area contributed by atoms with Crippen LogP contribution in [0.5, 0.6) is 11.5 Å². The summed E-state index contributed by atoms with van der Waals surface area (Å²) in [7, 11) is 0. The highest BCUT2D eigenvalue weighted by molar-refractivity contribution is 6.33. The first-order valence-electron chi connectivity index (χ1n) is 7.70. The van der Waals surface area contributed by atoms with Gasteiger partial charge in [0.15, 0.2) is 17.6 Å². The van der Waals surface area contributed by atoms with Gasteiger partial charge in [0.25, 0.3) is 11.6 Å². The molecule has 0 saturated heterocycles. The highest BCUT2D eigenvalue weighted by atomic mass is 35.5. The molecular weight excluding hydrogens is 380 g/mol. The van der Waals surface area contributed by atoms with E-state index in [-0.39, 0.29) is 23.1 Å². The lowest BCUT2D eigenvalue weighted by Crippen LogP contribution is -2.30. The Morgan fingerprint density at radius 3 is 2.67 bits per heavy atom. The normalized spacial score (nSPS) is 13.0. The number of nitrogens with one attached hydrogen (secondary N) is 1. The van der Waals surface area contributed by atoms with Crippen molar-refractivity contribution in [1.29, 1.82) is 0 Å². The molecule has 10 heteroatoms. The number of fused-ring (bicyclic) bond motifs is 1. The van der Waals surface area contributed by atoms with E-state index in [1.807, 2.05) is 0 Å². The van der Waals surface area contributed by atoms with Crippen LogP contribution in [0.1, 0.15) is 17.3 Å². The number of halogens is 1. The minimum Gasteiger partial charge on any atom is -0.454 e. The number of rotatable bonds is 5. The summed E-state index contributed by atoms with van der Waals surface area (Å²) in [6, 6.07) is 8.18. The topological polar surface area (TPSA) is 117 Å². The van der Waals surface area contributed by atoms with E-state index in [1.54, 1.807) is 18.2 Å². The first-order chi connectivity index (χ1) is 12.8. The number of hydrogen-bond acceptors (Lipinski definition) is 7. The summed E-state index contributed by atoms with van der Waals surface area (Å²) < 4.78 is 15.5. The zero-order valence-corrected chi connectivity index (χ0v) is 14.7. The number of carbonyl (C=O) groups is 2. The Kier molecular flexibility index (Phi) is 5.13. The third-order valence-corrected chi connectivity index (χ3v) is 3.99. The minimum atomic E-state index is -1.13. The molecular formula is C17H13ClN2O7. The Labute approximate surface area is 157 Å². The molecule has 0 radical (unpaired) electrons. The summed E-state index contributed by atoms with van der Waals surface area (Å²) in [6.07, 6.45) is -1.13. The molecule has 9 nitrogen and oxygen atoms in total. The van der Waals surface area contributed by atoms with Gasteiger partial charge >= 0.3 is 5.97 Å². The number of esters is 1. The molecule has 1 atom stereocenters. The zero-order valence-electron chi connectivity index (χ0n) is 13.9. The monoisotopic (exact) mass is 392 g/mol. The van der Waals surface area contributed by atoms with E-state index in [0.29, 0.717) is 17.2 Å². The molecule has 1 aliphatic rings. The molecule has 0 aromatic heterocycles. The standard InChI is InChI=1S/C17H13ClN2O7/c1-9(16(21)19-10-2-5-14-15(6-10)26-8-25-14)27-17(22)12-4-3-11(20(23)24)7-13(12)18/h2-7,9H,8H2,1H3,(H,19,21)/t9-/m1/s1. The average molecular weight is 393 g/mol. The van der Waals surface area contributed by atoms with Crippen molar-refractivity contribution in [2.75, 3.05) is 12.1 Å². The zero-order chi connectivity index (χ0) is 19.6. The first-order valence-corrected chi connectivity index (χ1v) is 8.08. The number of nitro groups is 1. The van der Waals surface area contributed by atoms with E-state index >= 15 is 0 Å². The lowest BCUT2D eigenvalue weighted by Gasteiger charge is -2.14. The van der Waals surface area contributed by atoms with E-state index in [2.05, 4.69) is 5.32 Å². The number of amides is 1. The lowest BCUT2D eigenvalue weighted by molar-refractivity contribution is -0.384. The summed E-state index contributed by atoms with van der Waals surface area (Å²) in [6.45, 7) is 1.50. The predicted octanol–water partition coefficient (Wildman–Crippen LogP) is 3.16. The van der Waals surface area contributed by atoms with Crippen molar-refractivity contribution in [2.45, 2.75) is 13.0 Å². The largest absolute Gasteiger partial charge is 0.454 e. The molecule has 1 N–H and O–H groups in total. The summed E-state index contributed by atoms with van der Waals surface area (Å²) in [5, 5.41) is 13.2. The second-order valence-corrected chi connectivity index (χ2v) is 5.93. The molecule has 1 amide bonds. The number of non-ortho nitro benzene ring substituents is 1. The number of anilines is 1. The maximum absolute atomic E-state index is 12.2. The van der Waals surface area contributed by atoms with Crippen LogP contribution >= 0.6 is 11.6 Å². The number of nitro benzene ring substituents is 1. The fourth-order valence-electron chi connectivity index (χ4n) is 2.28. The maximum Gasteiger partial charge on any atom is 0.340 e. The van der Waals surface area contributed by atoms with Crippen LogP contribution < -0.4 is 14.8 Å². The summed E-state index contributed by atoms with van der Waals surface area (Å²) in [5.41, 5.74) is 0.107. The Bertz CT molecular complexity index is 931. The Hall–Kier alpha value is -3.33. The summed E-state index contributed by atoms with van der Waals surface area (Å²) >= 11 is 5.88. The van der Waals surface area contributed by atoms with Crippen LogP contribution in [0.2, 0.25) is 5.02 Å². The van der Waals surface area contributed by atoms with Crippen molar-refractivity contribution in [1.82, 2.24) is 0 Å². The van der Waals surface area contributed by atoms with Crippen LogP contribution in [-0.4, -0.2) is 29.7 Å². The quantitative estimate of drug-likeness (QED) is 0.471. The molecule has 0 fully saturated rings. The van der Waals surface area contributed by atoms with E-state index in [4.69, 9.17) is 25.8 Å². The van der Waals surface area contributed by atoms with Gasteiger partial charge in [-0.1, -0.05) is 11.6 Å². The number of hydrogen-bond donors (Lipinski definition) is 1. The molecule has 0 saturated carbocycles. The van der Waals surface area contributed by atoms with Gasteiger partial charge < -0.3 is 19.5 Å². The highest BCUT2D eigenvalue weighted by Gasteiger charge is 2.23. The molecule has 0 bridgehead atoms. The van der Waals surface area contributed by atoms with Gasteiger partial charge in [-0.2, -0.15) is 0 Å². The molecule has 0 unspecified atom stereocenters. The Morgan fingerprint density at radius 1 is 1.22 bits per heavy atom. The molecule has 2 aromatic rings. The van der Waals surface area contributed by atoms with Crippen molar-refractivity contribution >= 4 is 34.9 Å². The van der Waals surface area contributed by atoms with Crippen molar-refractivity contribution in [3.05, 3.63) is 57.1 Å².